The standard InChI is InChI=1S/C37H39ClFN5O4/c1-21-4-3-12-41-36(45)34-33(24-6-8-30-31(17-24)48-37(46)44(30)20-29-27(39)18-26(38)19-42-29)32(25-9-13-40-22(2)16-25)28(43-35(21)34)7-5-23-10-14-47-15-11-23/h6,8-9,13,16-19,21,23,33,43H,3-5,7,10-12,14-15,20H2,1-2H3,(H,41,45)/t21-,33?/m1/s1. The number of aryl methyl sites for hydroxylation is 1. The van der Waals surface area contributed by atoms with Crippen molar-refractivity contribution in [2.45, 2.75) is 64.8 Å². The van der Waals surface area contributed by atoms with Gasteiger partial charge in [0, 0.05) is 60.7 Å². The molecule has 3 aromatic heterocycles. The lowest BCUT2D eigenvalue weighted by Gasteiger charge is -2.38. The fraction of sp³-hybridized carbons (Fsp3) is 0.405. The van der Waals surface area contributed by atoms with Crippen LogP contribution in [0.1, 0.15) is 73.9 Å². The Morgan fingerprint density at radius 3 is 2.69 bits per heavy atom. The maximum atomic E-state index is 14.7. The second-order valence-corrected chi connectivity index (χ2v) is 13.6. The number of fused-ring (bicyclic) bond motifs is 1. The van der Waals surface area contributed by atoms with Crippen LogP contribution in [0.15, 0.2) is 75.0 Å². The molecule has 2 atom stereocenters. The van der Waals surface area contributed by atoms with E-state index in [0.29, 0.717) is 29.1 Å². The molecule has 1 aromatic carbocycles. The largest absolute Gasteiger partial charge is 0.420 e. The number of aromatic nitrogens is 3. The van der Waals surface area contributed by atoms with Crippen molar-refractivity contribution in [3.8, 4) is 0 Å². The number of nitrogens with one attached hydrogen (secondary N) is 2. The van der Waals surface area contributed by atoms with Gasteiger partial charge in [0.1, 0.15) is 5.82 Å². The molecule has 1 amide bonds. The first kappa shape index (κ1) is 32.3. The molecule has 11 heteroatoms. The zero-order valence-corrected chi connectivity index (χ0v) is 27.9. The van der Waals surface area contributed by atoms with Crippen LogP contribution in [0.25, 0.3) is 16.7 Å². The minimum atomic E-state index is -0.626. The van der Waals surface area contributed by atoms with Crippen LogP contribution < -0.4 is 16.4 Å². The van der Waals surface area contributed by atoms with E-state index in [1.165, 1.54) is 16.8 Å². The smallest absolute Gasteiger partial charge is 0.408 e. The number of carbonyl (C=O) groups excluding carboxylic acids is 1. The van der Waals surface area contributed by atoms with E-state index >= 15 is 0 Å². The molecule has 1 saturated heterocycles. The van der Waals surface area contributed by atoms with Gasteiger partial charge in [-0.15, -0.1) is 0 Å². The highest BCUT2D eigenvalue weighted by molar-refractivity contribution is 6.30. The second-order valence-electron chi connectivity index (χ2n) is 13.1. The maximum Gasteiger partial charge on any atom is 0.420 e. The van der Waals surface area contributed by atoms with E-state index < -0.39 is 17.5 Å². The van der Waals surface area contributed by atoms with Crippen LogP contribution in [0.4, 0.5) is 4.39 Å². The lowest BCUT2D eigenvalue weighted by molar-refractivity contribution is -0.117. The summed E-state index contributed by atoms with van der Waals surface area (Å²) in [7, 11) is 0. The van der Waals surface area contributed by atoms with Gasteiger partial charge in [-0.05, 0) is 104 Å². The second kappa shape index (κ2) is 13.7. The number of amides is 1. The lowest BCUT2D eigenvalue weighted by Crippen LogP contribution is -2.39. The summed E-state index contributed by atoms with van der Waals surface area (Å²) in [6.07, 6.45) is 8.87. The first-order chi connectivity index (χ1) is 23.3. The Kier molecular flexibility index (Phi) is 9.20. The molecule has 250 valence electrons. The molecule has 1 fully saturated rings. The third-order valence-electron chi connectivity index (χ3n) is 9.88. The van der Waals surface area contributed by atoms with Crippen LogP contribution in [0.5, 0.6) is 0 Å². The molecule has 6 heterocycles. The molecule has 1 unspecified atom stereocenters. The van der Waals surface area contributed by atoms with E-state index in [0.717, 1.165) is 85.5 Å². The minimum Gasteiger partial charge on any atom is -0.408 e. The van der Waals surface area contributed by atoms with Gasteiger partial charge >= 0.3 is 5.76 Å². The van der Waals surface area contributed by atoms with Gasteiger partial charge in [0.05, 0.1) is 22.8 Å². The number of nitrogens with zero attached hydrogens (tertiary/aromatic N) is 3. The summed E-state index contributed by atoms with van der Waals surface area (Å²) in [5, 5.41) is 7.15. The highest BCUT2D eigenvalue weighted by atomic mass is 35.5. The zero-order valence-electron chi connectivity index (χ0n) is 27.2. The summed E-state index contributed by atoms with van der Waals surface area (Å²) >= 11 is 5.90. The number of allylic oxidation sites excluding steroid dienone is 3. The van der Waals surface area contributed by atoms with Crippen molar-refractivity contribution in [2.24, 2.45) is 11.8 Å². The number of pyridine rings is 2. The number of hydrogen-bond donors (Lipinski definition) is 2. The molecule has 3 aliphatic rings. The fourth-order valence-electron chi connectivity index (χ4n) is 7.35. The Bertz CT molecular complexity index is 1990. The van der Waals surface area contributed by atoms with Crippen LogP contribution in [-0.2, 0) is 16.1 Å². The average Bonchev–Trinajstić information content (AvgIpc) is 3.39. The number of oxazole rings is 1. The molecule has 0 aliphatic carbocycles. The van der Waals surface area contributed by atoms with Gasteiger partial charge in [0.25, 0.3) is 0 Å². The van der Waals surface area contributed by atoms with Crippen molar-refractivity contribution >= 4 is 34.2 Å². The first-order valence-corrected chi connectivity index (χ1v) is 17.1. The summed E-state index contributed by atoms with van der Waals surface area (Å²) in [6.45, 7) is 6.20. The molecule has 0 bridgehead atoms. The molecule has 2 N–H and O–H groups in total. The quantitative estimate of drug-likeness (QED) is 0.227. The van der Waals surface area contributed by atoms with E-state index in [4.69, 9.17) is 20.8 Å². The fourth-order valence-corrected chi connectivity index (χ4v) is 7.50. The SMILES string of the molecule is Cc1cc(C2=C(CCC3CCOCC3)NC3=C(C(=O)NCCC[C@H]3C)C2c2ccc3c(c2)oc(=O)n3Cc2ncc(Cl)cc2F)ccn1. The van der Waals surface area contributed by atoms with Crippen molar-refractivity contribution < 1.29 is 18.3 Å². The molecular formula is C37H39ClFN5O4. The summed E-state index contributed by atoms with van der Waals surface area (Å²) in [5.41, 5.74) is 7.34. The van der Waals surface area contributed by atoms with Gasteiger partial charge in [-0.1, -0.05) is 24.6 Å². The molecule has 3 aliphatic heterocycles. The highest BCUT2D eigenvalue weighted by Crippen LogP contribution is 2.47. The Labute approximate surface area is 283 Å². The van der Waals surface area contributed by atoms with Crippen LogP contribution in [0.2, 0.25) is 5.02 Å². The van der Waals surface area contributed by atoms with E-state index in [2.05, 4.69) is 33.6 Å². The van der Waals surface area contributed by atoms with Gasteiger partial charge < -0.3 is 19.8 Å². The van der Waals surface area contributed by atoms with E-state index in [9.17, 15) is 14.0 Å². The molecule has 0 radical (unpaired) electrons. The average molecular weight is 672 g/mol. The summed E-state index contributed by atoms with van der Waals surface area (Å²) < 4.78 is 27.4. The minimum absolute atomic E-state index is 0.0778. The third kappa shape index (κ3) is 6.43. The molecular weight excluding hydrogens is 633 g/mol. The highest BCUT2D eigenvalue weighted by Gasteiger charge is 2.38. The predicted molar refractivity (Wildman–Crippen MR) is 182 cm³/mol. The van der Waals surface area contributed by atoms with E-state index in [1.807, 2.05) is 37.4 Å². The molecule has 0 saturated carbocycles. The van der Waals surface area contributed by atoms with Gasteiger partial charge in [0.2, 0.25) is 5.91 Å². The van der Waals surface area contributed by atoms with E-state index in [-0.39, 0.29) is 29.1 Å². The normalized spacial score (nSPS) is 20.7. The molecule has 0 spiro atoms. The zero-order chi connectivity index (χ0) is 33.4. The number of dihydropyridines is 1. The van der Waals surface area contributed by atoms with Crippen LogP contribution in [0.3, 0.4) is 0 Å². The first-order valence-electron chi connectivity index (χ1n) is 16.7. The lowest BCUT2D eigenvalue weighted by atomic mass is 9.74. The number of ether oxygens (including phenoxy) is 1. The topological polar surface area (TPSA) is 111 Å². The van der Waals surface area contributed by atoms with E-state index in [1.54, 1.807) is 0 Å². The van der Waals surface area contributed by atoms with Crippen molar-refractivity contribution in [1.29, 1.82) is 0 Å². The number of carbonyl (C=O) groups is 1. The molecule has 9 nitrogen and oxygen atoms in total. The molecule has 4 aromatic rings. The van der Waals surface area contributed by atoms with Crippen molar-refractivity contribution in [1.82, 2.24) is 25.2 Å². The number of rotatable bonds is 7. The Morgan fingerprint density at radius 2 is 1.90 bits per heavy atom. The van der Waals surface area contributed by atoms with Crippen LogP contribution >= 0.6 is 11.6 Å². The third-order valence-corrected chi connectivity index (χ3v) is 10.1. The summed E-state index contributed by atoms with van der Waals surface area (Å²) in [5.74, 6) is -1.08. The van der Waals surface area contributed by atoms with Gasteiger partial charge in [-0.3, -0.25) is 19.3 Å². The Hall–Kier alpha value is -4.28. The predicted octanol–water partition coefficient (Wildman–Crippen LogP) is 6.64. The van der Waals surface area contributed by atoms with Gasteiger partial charge in [-0.2, -0.15) is 0 Å². The van der Waals surface area contributed by atoms with Crippen molar-refractivity contribution in [3.63, 3.8) is 0 Å². The number of halogens is 2. The van der Waals surface area contributed by atoms with Gasteiger partial charge in [-0.25, -0.2) is 9.18 Å². The van der Waals surface area contributed by atoms with Crippen LogP contribution in [0, 0.1) is 24.6 Å². The van der Waals surface area contributed by atoms with Crippen LogP contribution in [-0.4, -0.2) is 40.2 Å². The number of benzene rings is 1. The van der Waals surface area contributed by atoms with Crippen molar-refractivity contribution in [3.05, 3.63) is 110 Å². The molecule has 48 heavy (non-hydrogen) atoms. The maximum absolute atomic E-state index is 14.7. The van der Waals surface area contributed by atoms with Crippen molar-refractivity contribution in [2.75, 3.05) is 19.8 Å². The Morgan fingerprint density at radius 1 is 1.06 bits per heavy atom. The monoisotopic (exact) mass is 671 g/mol. The summed E-state index contributed by atoms with van der Waals surface area (Å²) in [4.78, 5) is 35.8. The Balaban J connectivity index is 1.38. The number of hydrogen-bond acceptors (Lipinski definition) is 7. The summed E-state index contributed by atoms with van der Waals surface area (Å²) in [6, 6.07) is 10.8. The molecule has 7 rings (SSSR count). The van der Waals surface area contributed by atoms with Gasteiger partial charge in [0.15, 0.2) is 5.58 Å².